The van der Waals surface area contributed by atoms with Gasteiger partial charge in [0.05, 0.1) is 12.2 Å². The van der Waals surface area contributed by atoms with Crippen molar-refractivity contribution in [3.8, 4) is 5.75 Å². The van der Waals surface area contributed by atoms with E-state index in [0.29, 0.717) is 19.0 Å². The Kier molecular flexibility index (Phi) is 5.82. The molecule has 1 heterocycles. The van der Waals surface area contributed by atoms with Crippen LogP contribution in [0.2, 0.25) is 0 Å². The minimum Gasteiger partial charge on any atom is -0.489 e. The summed E-state index contributed by atoms with van der Waals surface area (Å²) in [4.78, 5) is 12.5. The van der Waals surface area contributed by atoms with E-state index in [0.717, 1.165) is 17.7 Å². The Balaban J connectivity index is 2.58. The van der Waals surface area contributed by atoms with Gasteiger partial charge >= 0.3 is 5.97 Å². The number of aryl methyl sites for hydroxylation is 1. The van der Waals surface area contributed by atoms with Gasteiger partial charge in [-0.25, -0.2) is 4.79 Å². The number of hydrogen-bond donors (Lipinski definition) is 1. The van der Waals surface area contributed by atoms with Crippen LogP contribution in [0.5, 0.6) is 5.75 Å². The van der Waals surface area contributed by atoms with E-state index >= 15 is 0 Å². The third-order valence-electron chi connectivity index (χ3n) is 2.32. The standard InChI is InChI=1S/C14H22O4S/c1-5-6-10-9-11(12(19-10)13(15)16)17-7-8-18-14(2,3)4/h9H,5-8H2,1-4H3,(H,15,16). The third-order valence-corrected chi connectivity index (χ3v) is 3.48. The largest absolute Gasteiger partial charge is 0.489 e. The van der Waals surface area contributed by atoms with E-state index < -0.39 is 5.97 Å². The van der Waals surface area contributed by atoms with Crippen LogP contribution in [-0.4, -0.2) is 29.9 Å². The Morgan fingerprint density at radius 3 is 2.58 bits per heavy atom. The lowest BCUT2D eigenvalue weighted by atomic mass is 10.2. The van der Waals surface area contributed by atoms with Gasteiger partial charge in [-0.05, 0) is 33.3 Å². The zero-order valence-electron chi connectivity index (χ0n) is 12.0. The molecule has 0 aliphatic carbocycles. The van der Waals surface area contributed by atoms with Crippen molar-refractivity contribution >= 4 is 17.3 Å². The Morgan fingerprint density at radius 2 is 2.05 bits per heavy atom. The second kappa shape index (κ2) is 6.91. The lowest BCUT2D eigenvalue weighted by Gasteiger charge is -2.19. The predicted octanol–water partition coefficient (Wildman–Crippen LogP) is 3.59. The monoisotopic (exact) mass is 286 g/mol. The molecular formula is C14H22O4S. The summed E-state index contributed by atoms with van der Waals surface area (Å²) >= 11 is 1.29. The molecule has 4 nitrogen and oxygen atoms in total. The van der Waals surface area contributed by atoms with Crippen LogP contribution in [-0.2, 0) is 11.2 Å². The fourth-order valence-electron chi connectivity index (χ4n) is 1.55. The van der Waals surface area contributed by atoms with E-state index in [1.807, 2.05) is 26.8 Å². The molecule has 0 bridgehead atoms. The van der Waals surface area contributed by atoms with Gasteiger partial charge in [-0.3, -0.25) is 0 Å². The van der Waals surface area contributed by atoms with Gasteiger partial charge in [0, 0.05) is 4.88 Å². The molecule has 1 N–H and O–H groups in total. The maximum absolute atomic E-state index is 11.1. The highest BCUT2D eigenvalue weighted by Crippen LogP contribution is 2.30. The highest BCUT2D eigenvalue weighted by molar-refractivity contribution is 7.14. The van der Waals surface area contributed by atoms with Crippen LogP contribution in [0.3, 0.4) is 0 Å². The lowest BCUT2D eigenvalue weighted by molar-refractivity contribution is -0.0164. The van der Waals surface area contributed by atoms with Crippen molar-refractivity contribution < 1.29 is 19.4 Å². The van der Waals surface area contributed by atoms with Gasteiger partial charge in [-0.1, -0.05) is 13.3 Å². The summed E-state index contributed by atoms with van der Waals surface area (Å²) < 4.78 is 11.1. The van der Waals surface area contributed by atoms with Crippen molar-refractivity contribution in [1.82, 2.24) is 0 Å². The molecule has 5 heteroatoms. The summed E-state index contributed by atoms with van der Waals surface area (Å²) in [5.74, 6) is -0.474. The number of thiophene rings is 1. The number of carboxylic acid groups (broad SMARTS) is 1. The predicted molar refractivity (Wildman–Crippen MR) is 76.5 cm³/mol. The van der Waals surface area contributed by atoms with E-state index in [1.165, 1.54) is 11.3 Å². The Morgan fingerprint density at radius 1 is 1.37 bits per heavy atom. The maximum Gasteiger partial charge on any atom is 0.349 e. The fourth-order valence-corrected chi connectivity index (χ4v) is 2.59. The van der Waals surface area contributed by atoms with E-state index in [4.69, 9.17) is 14.6 Å². The van der Waals surface area contributed by atoms with E-state index in [1.54, 1.807) is 0 Å². The highest BCUT2D eigenvalue weighted by Gasteiger charge is 2.17. The second-order valence-corrected chi connectivity index (χ2v) is 6.41. The first-order valence-corrected chi connectivity index (χ1v) is 7.28. The highest BCUT2D eigenvalue weighted by atomic mass is 32.1. The summed E-state index contributed by atoms with van der Waals surface area (Å²) in [7, 11) is 0. The minimum atomic E-state index is -0.931. The van der Waals surface area contributed by atoms with Gasteiger partial charge in [0.15, 0.2) is 4.88 Å². The van der Waals surface area contributed by atoms with Gasteiger partial charge in [0.25, 0.3) is 0 Å². The molecular weight excluding hydrogens is 264 g/mol. The molecule has 0 aliphatic heterocycles. The first kappa shape index (κ1) is 16.0. The molecule has 0 saturated heterocycles. The smallest absolute Gasteiger partial charge is 0.349 e. The summed E-state index contributed by atoms with van der Waals surface area (Å²) in [6, 6.07) is 1.83. The van der Waals surface area contributed by atoms with Crippen molar-refractivity contribution in [3.05, 3.63) is 15.8 Å². The molecule has 1 rings (SSSR count). The van der Waals surface area contributed by atoms with E-state index in [9.17, 15) is 4.79 Å². The van der Waals surface area contributed by atoms with Crippen molar-refractivity contribution in [2.24, 2.45) is 0 Å². The Bertz CT molecular complexity index is 418. The molecule has 19 heavy (non-hydrogen) atoms. The van der Waals surface area contributed by atoms with Crippen molar-refractivity contribution in [3.63, 3.8) is 0 Å². The normalized spacial score (nSPS) is 11.6. The summed E-state index contributed by atoms with van der Waals surface area (Å²) in [5, 5.41) is 9.13. The molecule has 0 aromatic carbocycles. The molecule has 0 spiro atoms. The zero-order valence-corrected chi connectivity index (χ0v) is 12.8. The van der Waals surface area contributed by atoms with Crippen LogP contribution in [0.4, 0.5) is 0 Å². The average Bonchev–Trinajstić information content (AvgIpc) is 2.67. The molecule has 1 aromatic heterocycles. The van der Waals surface area contributed by atoms with Crippen molar-refractivity contribution in [2.45, 2.75) is 46.1 Å². The molecule has 0 aliphatic rings. The molecule has 0 unspecified atom stereocenters. The fraction of sp³-hybridized carbons (Fsp3) is 0.643. The third kappa shape index (κ3) is 5.61. The lowest BCUT2D eigenvalue weighted by Crippen LogP contribution is -2.22. The van der Waals surface area contributed by atoms with E-state index in [-0.39, 0.29) is 10.5 Å². The van der Waals surface area contributed by atoms with Crippen molar-refractivity contribution in [2.75, 3.05) is 13.2 Å². The quantitative estimate of drug-likeness (QED) is 0.778. The van der Waals surface area contributed by atoms with Crippen LogP contribution in [0.25, 0.3) is 0 Å². The Labute approximate surface area is 118 Å². The van der Waals surface area contributed by atoms with Gasteiger partial charge in [-0.2, -0.15) is 0 Å². The number of aromatic carboxylic acids is 1. The van der Waals surface area contributed by atoms with Gasteiger partial charge in [-0.15, -0.1) is 11.3 Å². The van der Waals surface area contributed by atoms with E-state index in [2.05, 4.69) is 6.92 Å². The topological polar surface area (TPSA) is 55.8 Å². The second-order valence-electron chi connectivity index (χ2n) is 5.27. The first-order valence-electron chi connectivity index (χ1n) is 6.46. The van der Waals surface area contributed by atoms with Crippen LogP contribution < -0.4 is 4.74 Å². The molecule has 0 fully saturated rings. The molecule has 108 valence electrons. The average molecular weight is 286 g/mol. The number of rotatable bonds is 7. The number of hydrogen-bond acceptors (Lipinski definition) is 4. The zero-order chi connectivity index (χ0) is 14.5. The molecule has 0 atom stereocenters. The summed E-state index contributed by atoms with van der Waals surface area (Å²) in [6.07, 6.45) is 1.87. The molecule has 1 aromatic rings. The molecule has 0 amide bonds. The molecule has 0 radical (unpaired) electrons. The van der Waals surface area contributed by atoms with Crippen molar-refractivity contribution in [1.29, 1.82) is 0 Å². The van der Waals surface area contributed by atoms with Gasteiger partial charge in [0.1, 0.15) is 12.4 Å². The van der Waals surface area contributed by atoms with Gasteiger partial charge < -0.3 is 14.6 Å². The SMILES string of the molecule is CCCc1cc(OCCOC(C)(C)C)c(C(=O)O)s1. The van der Waals surface area contributed by atoms with Crippen LogP contribution in [0, 0.1) is 0 Å². The molecule has 0 saturated carbocycles. The van der Waals surface area contributed by atoms with Crippen LogP contribution in [0.1, 0.15) is 48.7 Å². The van der Waals surface area contributed by atoms with Gasteiger partial charge in [0.2, 0.25) is 0 Å². The number of carboxylic acids is 1. The maximum atomic E-state index is 11.1. The minimum absolute atomic E-state index is 0.207. The Hall–Kier alpha value is -1.07. The first-order chi connectivity index (χ1) is 8.83. The van der Waals surface area contributed by atoms with Crippen LogP contribution >= 0.6 is 11.3 Å². The number of ether oxygens (including phenoxy) is 2. The summed E-state index contributed by atoms with van der Waals surface area (Å²) in [6.45, 7) is 8.79. The summed E-state index contributed by atoms with van der Waals surface area (Å²) in [5.41, 5.74) is -0.207. The number of carbonyl (C=O) groups is 1. The van der Waals surface area contributed by atoms with Crippen LogP contribution in [0.15, 0.2) is 6.07 Å².